The molecule has 256 valence electrons. The summed E-state index contributed by atoms with van der Waals surface area (Å²) in [4.78, 5) is 47.5. The second-order valence-electron chi connectivity index (χ2n) is 10.9. The number of hydrogen-bond acceptors (Lipinski definition) is 8. The molecule has 0 saturated heterocycles. The van der Waals surface area contributed by atoms with Gasteiger partial charge in [-0.2, -0.15) is 0 Å². The fourth-order valence-corrected chi connectivity index (χ4v) is 6.10. The van der Waals surface area contributed by atoms with E-state index in [4.69, 9.17) is 55.2 Å². The van der Waals surface area contributed by atoms with E-state index in [0.29, 0.717) is 31.9 Å². The number of benzene rings is 4. The van der Waals surface area contributed by atoms with Gasteiger partial charge in [-0.25, -0.2) is 9.59 Å². The average molecular weight is 758 g/mol. The molecule has 50 heavy (non-hydrogen) atoms. The number of carboxylic acids is 2. The van der Waals surface area contributed by atoms with E-state index in [9.17, 15) is 39.6 Å². The maximum absolute atomic E-state index is 12.4. The zero-order chi connectivity index (χ0) is 36.3. The molecule has 0 spiro atoms. The molecule has 2 heterocycles. The van der Waals surface area contributed by atoms with Crippen molar-refractivity contribution in [2.24, 2.45) is 0 Å². The second-order valence-corrected chi connectivity index (χ2v) is 12.6. The summed E-state index contributed by atoms with van der Waals surface area (Å²) in [6.45, 7) is 0. The lowest BCUT2D eigenvalue weighted by atomic mass is 9.88. The molecule has 0 amide bonds. The van der Waals surface area contributed by atoms with Crippen LogP contribution < -0.4 is 11.3 Å². The molecular weight excluding hydrogens is 734 g/mol. The lowest BCUT2D eigenvalue weighted by Crippen LogP contribution is -2.17. The monoisotopic (exact) mass is 756 g/mol. The molecule has 10 nitrogen and oxygen atoms in total. The number of hydrogen-bond donors (Lipinski definition) is 4. The summed E-state index contributed by atoms with van der Waals surface area (Å²) in [6, 6.07) is 22.1. The highest BCUT2D eigenvalue weighted by Crippen LogP contribution is 2.39. The SMILES string of the molecule is O=C(O)C[C@@H](c1ccc(Cl)c(Cl)c1)c1c(O)c2ccccc2oc1=O.O=C(O)C[C@H](c1ccc(Cl)c(Cl)c1)c1c(O)c2ccccc2oc1=O. The molecule has 0 bridgehead atoms. The van der Waals surface area contributed by atoms with Crippen LogP contribution >= 0.6 is 46.4 Å². The third-order valence-electron chi connectivity index (χ3n) is 7.79. The maximum atomic E-state index is 12.4. The minimum Gasteiger partial charge on any atom is -0.507 e. The second kappa shape index (κ2) is 15.3. The molecule has 14 heteroatoms. The van der Waals surface area contributed by atoms with Crippen molar-refractivity contribution in [3.8, 4) is 11.5 Å². The highest BCUT2D eigenvalue weighted by molar-refractivity contribution is 6.42. The molecule has 4 N–H and O–H groups in total. The zero-order valence-electron chi connectivity index (χ0n) is 25.4. The van der Waals surface area contributed by atoms with Gasteiger partial charge in [-0.3, -0.25) is 9.59 Å². The van der Waals surface area contributed by atoms with Gasteiger partial charge in [0.2, 0.25) is 0 Å². The lowest BCUT2D eigenvalue weighted by Gasteiger charge is -2.17. The van der Waals surface area contributed by atoms with E-state index in [2.05, 4.69) is 0 Å². The van der Waals surface area contributed by atoms with Crippen LogP contribution in [0.15, 0.2) is 103 Å². The van der Waals surface area contributed by atoms with E-state index in [1.807, 2.05) is 0 Å². The summed E-state index contributed by atoms with van der Waals surface area (Å²) in [7, 11) is 0. The van der Waals surface area contributed by atoms with E-state index >= 15 is 0 Å². The minimum atomic E-state index is -1.14. The number of carbonyl (C=O) groups is 2. The molecule has 0 saturated carbocycles. The van der Waals surface area contributed by atoms with Gasteiger partial charge in [0.05, 0.1) is 54.8 Å². The highest BCUT2D eigenvalue weighted by atomic mass is 35.5. The van der Waals surface area contributed by atoms with Gasteiger partial charge >= 0.3 is 23.2 Å². The lowest BCUT2D eigenvalue weighted by molar-refractivity contribution is -0.138. The first-order valence-electron chi connectivity index (χ1n) is 14.6. The molecule has 0 aliphatic heterocycles. The van der Waals surface area contributed by atoms with Crippen molar-refractivity contribution in [1.82, 2.24) is 0 Å². The Labute approximate surface area is 302 Å². The van der Waals surface area contributed by atoms with Crippen molar-refractivity contribution < 1.29 is 38.8 Å². The van der Waals surface area contributed by atoms with Crippen molar-refractivity contribution in [2.45, 2.75) is 24.7 Å². The van der Waals surface area contributed by atoms with E-state index in [-0.39, 0.29) is 43.8 Å². The Balaban J connectivity index is 0.000000194. The van der Waals surface area contributed by atoms with Gasteiger partial charge < -0.3 is 29.3 Å². The fraction of sp³-hybridized carbons (Fsp3) is 0.111. The van der Waals surface area contributed by atoms with Crippen LogP contribution in [0.2, 0.25) is 20.1 Å². The molecule has 0 unspecified atom stereocenters. The third-order valence-corrected chi connectivity index (χ3v) is 9.26. The number of halogens is 4. The van der Waals surface area contributed by atoms with Crippen molar-refractivity contribution in [3.63, 3.8) is 0 Å². The van der Waals surface area contributed by atoms with Gasteiger partial charge in [-0.15, -0.1) is 0 Å². The maximum Gasteiger partial charge on any atom is 0.343 e. The highest BCUT2D eigenvalue weighted by Gasteiger charge is 2.29. The largest absolute Gasteiger partial charge is 0.507 e. The average Bonchev–Trinajstić information content (AvgIpc) is 3.06. The van der Waals surface area contributed by atoms with Crippen LogP contribution in [0.25, 0.3) is 21.9 Å². The van der Waals surface area contributed by atoms with Gasteiger partial charge in [0.1, 0.15) is 22.7 Å². The van der Waals surface area contributed by atoms with Crippen LogP contribution in [0.5, 0.6) is 11.5 Å². The predicted molar refractivity (Wildman–Crippen MR) is 189 cm³/mol. The summed E-state index contributed by atoms with van der Waals surface area (Å²) in [5.41, 5.74) is -0.528. The van der Waals surface area contributed by atoms with Crippen LogP contribution in [-0.2, 0) is 9.59 Å². The summed E-state index contributed by atoms with van der Waals surface area (Å²) in [6.07, 6.45) is -0.844. The van der Waals surface area contributed by atoms with Crippen molar-refractivity contribution in [2.75, 3.05) is 0 Å². The van der Waals surface area contributed by atoms with Gasteiger partial charge in [-0.05, 0) is 59.7 Å². The third kappa shape index (κ3) is 7.74. The zero-order valence-corrected chi connectivity index (χ0v) is 28.4. The molecule has 2 atom stereocenters. The van der Waals surface area contributed by atoms with Crippen molar-refractivity contribution in [1.29, 1.82) is 0 Å². The van der Waals surface area contributed by atoms with Gasteiger partial charge in [0.25, 0.3) is 0 Å². The molecule has 4 aromatic carbocycles. The van der Waals surface area contributed by atoms with Crippen LogP contribution in [0.3, 0.4) is 0 Å². The number of aliphatic carboxylic acids is 2. The standard InChI is InChI=1S/2C18H12Cl2O5/c2*19-12-6-5-9(7-13(12)20)11(8-15(21)22)16-17(23)10-3-1-2-4-14(10)25-18(16)24/h2*1-7,11,23H,8H2,(H,21,22)/t2*11-/m10/s1. The molecule has 6 rings (SSSR count). The Morgan fingerprint density at radius 1 is 0.560 bits per heavy atom. The van der Waals surface area contributed by atoms with Crippen molar-refractivity contribution in [3.05, 3.63) is 148 Å². The van der Waals surface area contributed by atoms with Gasteiger partial charge in [-0.1, -0.05) is 82.8 Å². The summed E-state index contributed by atoms with van der Waals surface area (Å²) < 4.78 is 10.5. The van der Waals surface area contributed by atoms with Gasteiger partial charge in [0.15, 0.2) is 0 Å². The fourth-order valence-electron chi connectivity index (χ4n) is 5.49. The molecule has 2 aromatic heterocycles. The van der Waals surface area contributed by atoms with Crippen LogP contribution in [0, 0.1) is 0 Å². The van der Waals surface area contributed by atoms with E-state index in [1.54, 1.807) is 60.7 Å². The summed E-state index contributed by atoms with van der Waals surface area (Å²) in [5.74, 6) is -4.75. The first-order valence-corrected chi connectivity index (χ1v) is 16.1. The Kier molecular flexibility index (Phi) is 11.1. The Morgan fingerprint density at radius 3 is 1.26 bits per heavy atom. The first kappa shape index (κ1) is 36.3. The number of rotatable bonds is 8. The van der Waals surface area contributed by atoms with Crippen LogP contribution in [0.4, 0.5) is 0 Å². The van der Waals surface area contributed by atoms with Crippen LogP contribution in [0.1, 0.15) is 46.9 Å². The van der Waals surface area contributed by atoms with Crippen LogP contribution in [-0.4, -0.2) is 32.4 Å². The molecule has 0 aliphatic rings. The van der Waals surface area contributed by atoms with E-state index in [1.165, 1.54) is 24.3 Å². The summed E-state index contributed by atoms with van der Waals surface area (Å²) >= 11 is 23.8. The van der Waals surface area contributed by atoms with E-state index in [0.717, 1.165) is 0 Å². The summed E-state index contributed by atoms with van der Waals surface area (Å²) in [5, 5.41) is 41.4. The smallest absolute Gasteiger partial charge is 0.343 e. The minimum absolute atomic E-state index is 0.125. The Morgan fingerprint density at radius 2 is 0.920 bits per heavy atom. The molecular formula is C36H24Cl4O10. The van der Waals surface area contributed by atoms with E-state index < -0.39 is 47.9 Å². The normalized spacial score (nSPS) is 12.2. The Hall–Kier alpha value is -5.00. The Bertz CT molecular complexity index is 2220. The predicted octanol–water partition coefficient (Wildman–Crippen LogP) is 8.82. The number of carboxylic acid groups (broad SMARTS) is 2. The molecule has 0 fully saturated rings. The quantitative estimate of drug-likeness (QED) is 0.110. The topological polar surface area (TPSA) is 175 Å². The number of aromatic hydroxyl groups is 2. The molecule has 6 aromatic rings. The van der Waals surface area contributed by atoms with Gasteiger partial charge in [0, 0.05) is 11.8 Å². The van der Waals surface area contributed by atoms with Crippen molar-refractivity contribution >= 4 is 80.3 Å². The molecule has 0 radical (unpaired) electrons. The first-order chi connectivity index (χ1) is 23.8. The number of fused-ring (bicyclic) bond motifs is 2. The molecule has 0 aliphatic carbocycles. The number of para-hydroxylation sites is 2.